The predicted octanol–water partition coefficient (Wildman–Crippen LogP) is 4.76. The number of nitrogens with zero attached hydrogens (tertiary/aromatic N) is 2. The number of anilines is 1. The Kier molecular flexibility index (Phi) is 7.86. The summed E-state index contributed by atoms with van der Waals surface area (Å²) in [6.07, 6.45) is 2.94. The quantitative estimate of drug-likeness (QED) is 0.260. The van der Waals surface area contributed by atoms with Crippen molar-refractivity contribution in [2.75, 3.05) is 18.4 Å². The first kappa shape index (κ1) is 27.4. The summed E-state index contributed by atoms with van der Waals surface area (Å²) >= 11 is 6.94. The second kappa shape index (κ2) is 11.2. The molecule has 5 rings (SSSR count). The third kappa shape index (κ3) is 5.91. The number of sulfonamides is 1. The Morgan fingerprint density at radius 3 is 2.69 bits per heavy atom. The zero-order valence-corrected chi connectivity index (χ0v) is 24.0. The molecule has 1 fully saturated rings. The third-order valence-electron chi connectivity index (χ3n) is 6.90. The fourth-order valence-corrected chi connectivity index (χ4v) is 7.31. The number of carbonyl (C=O) groups is 1. The number of fused-ring (bicyclic) bond motifs is 1. The monoisotopic (exact) mass is 587 g/mol. The third-order valence-corrected chi connectivity index (χ3v) is 9.96. The van der Waals surface area contributed by atoms with Gasteiger partial charge in [0.25, 0.3) is 10.0 Å². The van der Waals surface area contributed by atoms with Crippen LogP contribution in [-0.4, -0.2) is 43.3 Å². The summed E-state index contributed by atoms with van der Waals surface area (Å²) in [6, 6.07) is 16.4. The standard InChI is InChI=1S/C27H30ClN5O4S2/c1-27(13-3-4-14-30-27)26(34)29-16-18-7-5-8-19(15-18)17-33-20-9-6-10-21(37-2)24(20)25(31-33)32-39(35,36)23-12-11-22(28)38-23/h5-12,15,30H,3-4,13-14,16-17H2,1-2H3,(H,29,34)(H,31,32). The van der Waals surface area contributed by atoms with Crippen molar-refractivity contribution in [3.05, 3.63) is 70.1 Å². The van der Waals surface area contributed by atoms with Crippen LogP contribution in [0, 0.1) is 0 Å². The van der Waals surface area contributed by atoms with E-state index >= 15 is 0 Å². The summed E-state index contributed by atoms with van der Waals surface area (Å²) in [6.45, 7) is 3.60. The van der Waals surface area contributed by atoms with Gasteiger partial charge in [0.05, 0.1) is 34.4 Å². The van der Waals surface area contributed by atoms with Crippen molar-refractivity contribution in [2.45, 2.75) is 49.0 Å². The van der Waals surface area contributed by atoms with E-state index in [0.717, 1.165) is 48.3 Å². The van der Waals surface area contributed by atoms with Crippen molar-refractivity contribution >= 4 is 55.6 Å². The van der Waals surface area contributed by atoms with Crippen LogP contribution in [0.4, 0.5) is 5.82 Å². The molecule has 3 N–H and O–H groups in total. The molecule has 1 amide bonds. The molecule has 1 aliphatic heterocycles. The largest absolute Gasteiger partial charge is 0.496 e. The van der Waals surface area contributed by atoms with E-state index in [1.54, 1.807) is 16.8 Å². The maximum absolute atomic E-state index is 13.0. The number of carbonyl (C=O) groups excluding carboxylic acids is 1. The van der Waals surface area contributed by atoms with Gasteiger partial charge in [-0.25, -0.2) is 8.42 Å². The zero-order chi connectivity index (χ0) is 27.6. The highest BCUT2D eigenvalue weighted by Crippen LogP contribution is 2.35. The molecule has 39 heavy (non-hydrogen) atoms. The van der Waals surface area contributed by atoms with E-state index in [1.807, 2.05) is 43.3 Å². The van der Waals surface area contributed by atoms with Gasteiger partial charge in [-0.2, -0.15) is 5.10 Å². The van der Waals surface area contributed by atoms with Gasteiger partial charge in [-0.05, 0) is 68.1 Å². The minimum absolute atomic E-state index is 0.00159. The minimum Gasteiger partial charge on any atom is -0.496 e. The van der Waals surface area contributed by atoms with Crippen LogP contribution in [0.15, 0.2) is 58.8 Å². The van der Waals surface area contributed by atoms with Gasteiger partial charge in [0.2, 0.25) is 5.91 Å². The first-order valence-corrected chi connectivity index (χ1v) is 15.3. The molecular weight excluding hydrogens is 558 g/mol. The maximum Gasteiger partial charge on any atom is 0.272 e. The highest BCUT2D eigenvalue weighted by molar-refractivity contribution is 7.94. The normalized spacial score (nSPS) is 17.7. The lowest BCUT2D eigenvalue weighted by Gasteiger charge is -2.33. The summed E-state index contributed by atoms with van der Waals surface area (Å²) in [5, 5.41) is 11.6. The van der Waals surface area contributed by atoms with Gasteiger partial charge in [0.1, 0.15) is 9.96 Å². The Labute approximate surface area is 236 Å². The van der Waals surface area contributed by atoms with Crippen LogP contribution in [-0.2, 0) is 27.9 Å². The van der Waals surface area contributed by atoms with Gasteiger partial charge >= 0.3 is 0 Å². The number of aromatic nitrogens is 2. The predicted molar refractivity (Wildman–Crippen MR) is 154 cm³/mol. The molecular formula is C27H30ClN5O4S2. The molecule has 1 atom stereocenters. The van der Waals surface area contributed by atoms with Gasteiger partial charge < -0.3 is 15.4 Å². The molecule has 0 bridgehead atoms. The molecule has 0 spiro atoms. The number of ether oxygens (including phenoxy) is 1. The summed E-state index contributed by atoms with van der Waals surface area (Å²) in [7, 11) is -2.37. The summed E-state index contributed by atoms with van der Waals surface area (Å²) < 4.78 is 36.4. The number of piperidine rings is 1. The minimum atomic E-state index is -3.90. The number of hydrogen-bond acceptors (Lipinski definition) is 7. The topological polar surface area (TPSA) is 114 Å². The lowest BCUT2D eigenvalue weighted by molar-refractivity contribution is -0.128. The van der Waals surface area contributed by atoms with Crippen molar-refractivity contribution in [1.29, 1.82) is 0 Å². The van der Waals surface area contributed by atoms with Crippen LogP contribution in [0.25, 0.3) is 10.9 Å². The second-order valence-corrected chi connectivity index (χ2v) is 13.4. The SMILES string of the molecule is COc1cccc2c1c(NS(=O)(=O)c1ccc(Cl)s1)nn2Cc1cccc(CNC(=O)C2(C)CCCCN2)c1. The molecule has 1 aliphatic rings. The Morgan fingerprint density at radius 1 is 1.18 bits per heavy atom. The number of amides is 1. The molecule has 0 saturated carbocycles. The Hall–Kier alpha value is -3.12. The van der Waals surface area contributed by atoms with Gasteiger partial charge in [0.15, 0.2) is 5.82 Å². The van der Waals surface area contributed by atoms with Crippen LogP contribution in [0.1, 0.15) is 37.3 Å². The van der Waals surface area contributed by atoms with Crippen molar-refractivity contribution in [3.63, 3.8) is 0 Å². The van der Waals surface area contributed by atoms with Crippen LogP contribution in [0.3, 0.4) is 0 Å². The number of benzene rings is 2. The molecule has 4 aromatic rings. The summed E-state index contributed by atoms with van der Waals surface area (Å²) in [5.41, 5.74) is 2.09. The molecule has 0 radical (unpaired) electrons. The van der Waals surface area contributed by atoms with E-state index in [9.17, 15) is 13.2 Å². The van der Waals surface area contributed by atoms with Gasteiger partial charge in [-0.3, -0.25) is 14.2 Å². The molecule has 12 heteroatoms. The Bertz CT molecular complexity index is 1610. The molecule has 1 unspecified atom stereocenters. The van der Waals surface area contributed by atoms with Gasteiger partial charge in [0, 0.05) is 6.54 Å². The number of methoxy groups -OCH3 is 1. The van der Waals surface area contributed by atoms with Crippen LogP contribution in [0.5, 0.6) is 5.75 Å². The number of nitrogens with one attached hydrogen (secondary N) is 3. The molecule has 3 heterocycles. The highest BCUT2D eigenvalue weighted by Gasteiger charge is 2.33. The Balaban J connectivity index is 1.39. The number of thiophene rings is 1. The smallest absolute Gasteiger partial charge is 0.272 e. The molecule has 9 nitrogen and oxygen atoms in total. The zero-order valence-electron chi connectivity index (χ0n) is 21.7. The molecule has 2 aromatic heterocycles. The van der Waals surface area contributed by atoms with E-state index < -0.39 is 15.6 Å². The van der Waals surface area contributed by atoms with Gasteiger partial charge in [-0.1, -0.05) is 41.9 Å². The van der Waals surface area contributed by atoms with Crippen molar-refractivity contribution in [3.8, 4) is 5.75 Å². The van der Waals surface area contributed by atoms with E-state index in [0.29, 0.717) is 34.1 Å². The van der Waals surface area contributed by atoms with Crippen LogP contribution in [0.2, 0.25) is 4.34 Å². The molecule has 206 valence electrons. The average molecular weight is 588 g/mol. The first-order valence-electron chi connectivity index (χ1n) is 12.6. The highest BCUT2D eigenvalue weighted by atomic mass is 35.5. The summed E-state index contributed by atoms with van der Waals surface area (Å²) in [4.78, 5) is 12.8. The maximum atomic E-state index is 13.0. The van der Waals surface area contributed by atoms with Crippen molar-refractivity contribution in [1.82, 2.24) is 20.4 Å². The number of halogens is 1. The lowest BCUT2D eigenvalue weighted by Crippen LogP contribution is -2.56. The van der Waals surface area contributed by atoms with Gasteiger partial charge in [-0.15, -0.1) is 11.3 Å². The first-order chi connectivity index (χ1) is 18.7. The second-order valence-electron chi connectivity index (χ2n) is 9.74. The van der Waals surface area contributed by atoms with E-state index in [4.69, 9.17) is 16.3 Å². The van der Waals surface area contributed by atoms with Crippen molar-refractivity contribution < 1.29 is 17.9 Å². The van der Waals surface area contributed by atoms with E-state index in [2.05, 4.69) is 20.5 Å². The number of hydrogen-bond donors (Lipinski definition) is 3. The fourth-order valence-electron chi connectivity index (χ4n) is 4.82. The molecule has 0 aliphatic carbocycles. The Morgan fingerprint density at radius 2 is 1.97 bits per heavy atom. The fraction of sp³-hybridized carbons (Fsp3) is 0.333. The van der Waals surface area contributed by atoms with Crippen LogP contribution < -0.4 is 20.1 Å². The molecule has 2 aromatic carbocycles. The van der Waals surface area contributed by atoms with E-state index in [-0.39, 0.29) is 15.9 Å². The van der Waals surface area contributed by atoms with Crippen molar-refractivity contribution in [2.24, 2.45) is 0 Å². The lowest BCUT2D eigenvalue weighted by atomic mass is 9.90. The van der Waals surface area contributed by atoms with Crippen LogP contribution >= 0.6 is 22.9 Å². The molecule has 1 saturated heterocycles. The number of rotatable bonds is 9. The summed E-state index contributed by atoms with van der Waals surface area (Å²) in [5.74, 6) is 0.673. The average Bonchev–Trinajstić information content (AvgIpc) is 3.52. The van der Waals surface area contributed by atoms with E-state index in [1.165, 1.54) is 13.2 Å².